The highest BCUT2D eigenvalue weighted by Crippen LogP contribution is 2.33. The fraction of sp³-hybridized carbons (Fsp3) is 0.636. The van der Waals surface area contributed by atoms with E-state index in [-0.39, 0.29) is 18.7 Å². The summed E-state index contributed by atoms with van der Waals surface area (Å²) in [6, 6.07) is 1.54. The van der Waals surface area contributed by atoms with Crippen molar-refractivity contribution in [1.82, 2.24) is 15.1 Å². The molecule has 1 aliphatic rings. The molecule has 4 nitrogen and oxygen atoms in total. The van der Waals surface area contributed by atoms with Gasteiger partial charge >= 0.3 is 6.18 Å². The molecule has 1 aromatic rings. The van der Waals surface area contributed by atoms with Crippen molar-refractivity contribution in [3.05, 3.63) is 17.5 Å². The zero-order valence-corrected chi connectivity index (χ0v) is 9.92. The van der Waals surface area contributed by atoms with Crippen molar-refractivity contribution in [2.45, 2.75) is 25.9 Å². The van der Waals surface area contributed by atoms with Crippen LogP contribution in [0, 0.1) is 12.8 Å². The van der Waals surface area contributed by atoms with Crippen LogP contribution in [0.5, 0.6) is 0 Å². The highest BCUT2D eigenvalue weighted by Gasteiger charge is 2.42. The number of carbonyl (C=O) groups is 1. The highest BCUT2D eigenvalue weighted by atomic mass is 19.4. The molecule has 0 aliphatic carbocycles. The molecule has 0 spiro atoms. The first kappa shape index (κ1) is 12.9. The van der Waals surface area contributed by atoms with E-state index in [1.807, 2.05) is 0 Å². The number of amides is 1. The number of rotatable bonds is 1. The van der Waals surface area contributed by atoms with E-state index in [0.29, 0.717) is 18.7 Å². The van der Waals surface area contributed by atoms with Gasteiger partial charge in [-0.1, -0.05) is 0 Å². The first-order chi connectivity index (χ1) is 8.38. The van der Waals surface area contributed by atoms with Crippen LogP contribution in [0.15, 0.2) is 6.07 Å². The molecule has 0 bridgehead atoms. The van der Waals surface area contributed by atoms with Crippen LogP contribution in [-0.2, 0) is 0 Å². The second-order valence-electron chi connectivity index (χ2n) is 4.57. The number of alkyl halides is 3. The van der Waals surface area contributed by atoms with Crippen LogP contribution in [0.25, 0.3) is 0 Å². The van der Waals surface area contributed by atoms with E-state index in [1.54, 1.807) is 13.0 Å². The summed E-state index contributed by atoms with van der Waals surface area (Å²) in [6.07, 6.45) is -3.77. The predicted molar refractivity (Wildman–Crippen MR) is 58.0 cm³/mol. The molecule has 2 rings (SSSR count). The molecule has 7 heteroatoms. The second kappa shape index (κ2) is 4.62. The molecule has 1 saturated heterocycles. The summed E-state index contributed by atoms with van der Waals surface area (Å²) in [5.74, 6) is -1.86. The summed E-state index contributed by atoms with van der Waals surface area (Å²) in [7, 11) is 0. The lowest BCUT2D eigenvalue weighted by molar-refractivity contribution is -0.184. The molecule has 1 N–H and O–H groups in total. The molecule has 0 unspecified atom stereocenters. The topological polar surface area (TPSA) is 49.0 Å². The number of nitrogens with one attached hydrogen (secondary N) is 1. The zero-order chi connectivity index (χ0) is 13.3. The first-order valence-corrected chi connectivity index (χ1v) is 5.76. The molecule has 1 aromatic heterocycles. The van der Waals surface area contributed by atoms with Crippen LogP contribution < -0.4 is 0 Å². The molecule has 1 atom stereocenters. The molecular weight excluding hydrogens is 247 g/mol. The van der Waals surface area contributed by atoms with E-state index < -0.39 is 18.0 Å². The van der Waals surface area contributed by atoms with Gasteiger partial charge in [0, 0.05) is 18.8 Å². The molecule has 0 radical (unpaired) electrons. The molecular formula is C11H14F3N3O. The molecule has 1 fully saturated rings. The number of hydrogen-bond donors (Lipinski definition) is 1. The summed E-state index contributed by atoms with van der Waals surface area (Å²) in [4.78, 5) is 13.2. The van der Waals surface area contributed by atoms with Crippen molar-refractivity contribution in [2.24, 2.45) is 5.92 Å². The van der Waals surface area contributed by atoms with Crippen molar-refractivity contribution < 1.29 is 18.0 Å². The SMILES string of the molecule is Cc1cc(C(=O)N2CCC[C@@H](C(F)(F)F)C2)n[nH]1. The first-order valence-electron chi connectivity index (χ1n) is 5.76. The quantitative estimate of drug-likeness (QED) is 0.842. The maximum atomic E-state index is 12.6. The van der Waals surface area contributed by atoms with E-state index in [2.05, 4.69) is 10.2 Å². The van der Waals surface area contributed by atoms with Gasteiger partial charge in [-0.05, 0) is 25.8 Å². The van der Waals surface area contributed by atoms with Crippen LogP contribution >= 0.6 is 0 Å². The van der Waals surface area contributed by atoms with Crippen LogP contribution in [-0.4, -0.2) is 40.3 Å². The number of hydrogen-bond acceptors (Lipinski definition) is 2. The lowest BCUT2D eigenvalue weighted by atomic mass is 9.97. The van der Waals surface area contributed by atoms with Crippen LogP contribution in [0.2, 0.25) is 0 Å². The summed E-state index contributed by atoms with van der Waals surface area (Å²) >= 11 is 0. The second-order valence-corrected chi connectivity index (χ2v) is 4.57. The summed E-state index contributed by atoms with van der Waals surface area (Å²) in [5, 5.41) is 6.39. The molecule has 1 aliphatic heterocycles. The third-order valence-electron chi connectivity index (χ3n) is 3.10. The normalized spacial score (nSPS) is 21.1. The van der Waals surface area contributed by atoms with Crippen LogP contribution in [0.3, 0.4) is 0 Å². The average Bonchev–Trinajstić information content (AvgIpc) is 2.74. The number of aryl methyl sites for hydroxylation is 1. The number of halogens is 3. The third-order valence-corrected chi connectivity index (χ3v) is 3.10. The molecule has 0 aromatic carbocycles. The van der Waals surface area contributed by atoms with E-state index in [9.17, 15) is 18.0 Å². The predicted octanol–water partition coefficient (Wildman–Crippen LogP) is 2.13. The Morgan fingerprint density at radius 3 is 2.83 bits per heavy atom. The minimum atomic E-state index is -4.24. The molecule has 100 valence electrons. The van der Waals surface area contributed by atoms with Crippen molar-refractivity contribution >= 4 is 5.91 Å². The number of likely N-dealkylation sites (tertiary alicyclic amines) is 1. The number of carbonyl (C=O) groups excluding carboxylic acids is 1. The van der Waals surface area contributed by atoms with Gasteiger partial charge in [-0.3, -0.25) is 9.89 Å². The minimum Gasteiger partial charge on any atom is -0.337 e. The lowest BCUT2D eigenvalue weighted by Gasteiger charge is -2.33. The van der Waals surface area contributed by atoms with Gasteiger partial charge in [0.15, 0.2) is 0 Å². The Hall–Kier alpha value is -1.53. The van der Waals surface area contributed by atoms with E-state index in [4.69, 9.17) is 0 Å². The number of aromatic amines is 1. The Morgan fingerprint density at radius 2 is 2.28 bits per heavy atom. The number of piperidine rings is 1. The monoisotopic (exact) mass is 261 g/mol. The van der Waals surface area contributed by atoms with Gasteiger partial charge in [-0.15, -0.1) is 0 Å². The van der Waals surface area contributed by atoms with Crippen LogP contribution in [0.1, 0.15) is 29.0 Å². The number of aromatic nitrogens is 2. The largest absolute Gasteiger partial charge is 0.393 e. The van der Waals surface area contributed by atoms with Crippen molar-refractivity contribution in [3.63, 3.8) is 0 Å². The summed E-state index contributed by atoms with van der Waals surface area (Å²) in [5.41, 5.74) is 0.887. The van der Waals surface area contributed by atoms with Gasteiger partial charge in [0.2, 0.25) is 0 Å². The zero-order valence-electron chi connectivity index (χ0n) is 9.92. The highest BCUT2D eigenvalue weighted by molar-refractivity contribution is 5.92. The number of H-pyrrole nitrogens is 1. The van der Waals surface area contributed by atoms with E-state index >= 15 is 0 Å². The maximum Gasteiger partial charge on any atom is 0.393 e. The van der Waals surface area contributed by atoms with E-state index in [0.717, 1.165) is 0 Å². The summed E-state index contributed by atoms with van der Waals surface area (Å²) in [6.45, 7) is 1.82. The molecule has 18 heavy (non-hydrogen) atoms. The molecule has 0 saturated carbocycles. The van der Waals surface area contributed by atoms with Crippen molar-refractivity contribution in [3.8, 4) is 0 Å². The molecule has 2 heterocycles. The third kappa shape index (κ3) is 2.65. The average molecular weight is 261 g/mol. The van der Waals surface area contributed by atoms with Gasteiger partial charge in [0.1, 0.15) is 5.69 Å². The number of nitrogens with zero attached hydrogens (tertiary/aromatic N) is 2. The van der Waals surface area contributed by atoms with E-state index in [1.165, 1.54) is 4.90 Å². The maximum absolute atomic E-state index is 12.6. The lowest BCUT2D eigenvalue weighted by Crippen LogP contribution is -2.44. The van der Waals surface area contributed by atoms with Gasteiger partial charge in [0.25, 0.3) is 5.91 Å². The minimum absolute atomic E-state index is 0.0902. The Kier molecular flexibility index (Phi) is 3.32. The smallest absolute Gasteiger partial charge is 0.337 e. The standard InChI is InChI=1S/C11H14F3N3O/c1-7-5-9(16-15-7)10(18)17-4-2-3-8(6-17)11(12,13)14/h5,8H,2-4,6H2,1H3,(H,15,16)/t8-/m1/s1. The van der Waals surface area contributed by atoms with Gasteiger partial charge in [0.05, 0.1) is 5.92 Å². The van der Waals surface area contributed by atoms with Gasteiger partial charge in [-0.25, -0.2) is 0 Å². The Morgan fingerprint density at radius 1 is 1.56 bits per heavy atom. The Bertz CT molecular complexity index is 441. The van der Waals surface area contributed by atoms with Crippen LogP contribution in [0.4, 0.5) is 13.2 Å². The van der Waals surface area contributed by atoms with Gasteiger partial charge < -0.3 is 4.90 Å². The van der Waals surface area contributed by atoms with Gasteiger partial charge in [-0.2, -0.15) is 18.3 Å². The fourth-order valence-corrected chi connectivity index (χ4v) is 2.12. The summed E-state index contributed by atoms with van der Waals surface area (Å²) < 4.78 is 37.9. The molecule has 1 amide bonds. The Balaban J connectivity index is 2.07. The van der Waals surface area contributed by atoms with Crippen molar-refractivity contribution in [1.29, 1.82) is 0 Å². The Labute approximate surface area is 102 Å². The van der Waals surface area contributed by atoms with Crippen molar-refractivity contribution in [2.75, 3.05) is 13.1 Å². The fourth-order valence-electron chi connectivity index (χ4n) is 2.12.